The molecule has 9 nitrogen and oxygen atoms in total. The molecular formula is C21H22ClN3O6S. The van der Waals surface area contributed by atoms with Crippen LogP contribution in [-0.4, -0.2) is 43.4 Å². The number of aryl methyl sites for hydroxylation is 1. The fourth-order valence-electron chi connectivity index (χ4n) is 3.79. The number of carbonyl (C=O) groups is 1. The van der Waals surface area contributed by atoms with Crippen LogP contribution in [0.1, 0.15) is 12.8 Å². The van der Waals surface area contributed by atoms with Crippen molar-refractivity contribution in [1.29, 1.82) is 0 Å². The minimum absolute atomic E-state index is 0.0161. The molecule has 2 heterocycles. The van der Waals surface area contributed by atoms with Crippen LogP contribution in [-0.2, 0) is 21.9 Å². The second kappa shape index (κ2) is 8.61. The number of aromatic nitrogens is 1. The highest BCUT2D eigenvalue weighted by atomic mass is 35.5. The molecule has 11 heteroatoms. The van der Waals surface area contributed by atoms with Gasteiger partial charge >= 0.3 is 5.76 Å². The second-order valence-corrected chi connectivity index (χ2v) is 9.94. The zero-order chi connectivity index (χ0) is 23.0. The molecule has 1 aliphatic rings. The first-order valence-corrected chi connectivity index (χ1v) is 11.8. The maximum atomic E-state index is 13.2. The molecule has 32 heavy (non-hydrogen) atoms. The summed E-state index contributed by atoms with van der Waals surface area (Å²) in [6.45, 7) is 0.353. The number of rotatable bonds is 5. The van der Waals surface area contributed by atoms with Crippen LogP contribution < -0.4 is 15.8 Å². The molecule has 0 saturated carbocycles. The van der Waals surface area contributed by atoms with E-state index in [4.69, 9.17) is 20.8 Å². The van der Waals surface area contributed by atoms with E-state index in [1.54, 1.807) is 25.2 Å². The number of hydrogen-bond acceptors (Lipinski definition) is 6. The molecule has 1 fully saturated rings. The Morgan fingerprint density at radius 1 is 1.25 bits per heavy atom. The van der Waals surface area contributed by atoms with Crippen molar-refractivity contribution in [1.82, 2.24) is 8.87 Å². The van der Waals surface area contributed by atoms with Crippen molar-refractivity contribution in [2.24, 2.45) is 13.0 Å². The number of sulfonamides is 1. The molecule has 1 aromatic heterocycles. The number of fused-ring (bicyclic) bond motifs is 1. The van der Waals surface area contributed by atoms with Gasteiger partial charge in [0.2, 0.25) is 15.9 Å². The number of benzene rings is 2. The lowest BCUT2D eigenvalue weighted by Gasteiger charge is -2.31. The minimum Gasteiger partial charge on any atom is -0.495 e. The summed E-state index contributed by atoms with van der Waals surface area (Å²) in [6, 6.07) is 9.22. The van der Waals surface area contributed by atoms with Gasteiger partial charge in [-0.25, -0.2) is 13.2 Å². The number of nitrogens with one attached hydrogen (secondary N) is 1. The smallest absolute Gasteiger partial charge is 0.419 e. The second-order valence-electron chi connectivity index (χ2n) is 7.60. The third kappa shape index (κ3) is 4.13. The van der Waals surface area contributed by atoms with Crippen LogP contribution >= 0.6 is 11.6 Å². The van der Waals surface area contributed by atoms with Crippen molar-refractivity contribution in [2.45, 2.75) is 17.7 Å². The summed E-state index contributed by atoms with van der Waals surface area (Å²) in [5.74, 6) is -0.873. The van der Waals surface area contributed by atoms with E-state index in [0.29, 0.717) is 41.4 Å². The van der Waals surface area contributed by atoms with Gasteiger partial charge in [-0.05, 0) is 43.2 Å². The molecule has 1 atom stereocenters. The van der Waals surface area contributed by atoms with E-state index in [1.165, 1.54) is 34.2 Å². The van der Waals surface area contributed by atoms with E-state index in [0.717, 1.165) is 0 Å². The molecular weight excluding hydrogens is 458 g/mol. The topological polar surface area (TPSA) is 111 Å². The van der Waals surface area contributed by atoms with Gasteiger partial charge in [0.05, 0.1) is 28.5 Å². The molecule has 1 N–H and O–H groups in total. The van der Waals surface area contributed by atoms with Gasteiger partial charge in [-0.15, -0.1) is 0 Å². The van der Waals surface area contributed by atoms with Gasteiger partial charge in [0.25, 0.3) is 0 Å². The van der Waals surface area contributed by atoms with E-state index >= 15 is 0 Å². The predicted molar refractivity (Wildman–Crippen MR) is 120 cm³/mol. The molecule has 170 valence electrons. The van der Waals surface area contributed by atoms with Gasteiger partial charge < -0.3 is 14.5 Å². The van der Waals surface area contributed by atoms with Gasteiger partial charge in [-0.3, -0.25) is 9.36 Å². The molecule has 0 radical (unpaired) electrons. The summed E-state index contributed by atoms with van der Waals surface area (Å²) < 4.78 is 39.2. The van der Waals surface area contributed by atoms with Crippen LogP contribution in [0.5, 0.6) is 5.75 Å². The van der Waals surface area contributed by atoms with Gasteiger partial charge in [0.15, 0.2) is 5.58 Å². The van der Waals surface area contributed by atoms with Gasteiger partial charge in [0.1, 0.15) is 5.75 Å². The molecule has 0 aliphatic carbocycles. The summed E-state index contributed by atoms with van der Waals surface area (Å²) in [5.41, 5.74) is 1.20. The van der Waals surface area contributed by atoms with Crippen molar-refractivity contribution in [2.75, 3.05) is 25.5 Å². The highest BCUT2D eigenvalue weighted by Crippen LogP contribution is 2.29. The molecule has 2 aromatic carbocycles. The fraction of sp³-hybridized carbons (Fsp3) is 0.333. The Morgan fingerprint density at radius 2 is 2.03 bits per heavy atom. The normalized spacial score (nSPS) is 17.4. The van der Waals surface area contributed by atoms with E-state index in [-0.39, 0.29) is 22.9 Å². The molecule has 3 aromatic rings. The number of piperidine rings is 1. The first-order chi connectivity index (χ1) is 15.2. The number of ether oxygens (including phenoxy) is 1. The number of carbonyl (C=O) groups excluding carboxylic acids is 1. The van der Waals surface area contributed by atoms with Crippen molar-refractivity contribution < 1.29 is 22.4 Å². The van der Waals surface area contributed by atoms with Crippen molar-refractivity contribution >= 4 is 44.3 Å². The average Bonchev–Trinajstić information content (AvgIpc) is 3.07. The Morgan fingerprint density at radius 3 is 2.75 bits per heavy atom. The Labute approximate surface area is 189 Å². The SMILES string of the molecule is COc1ccc(NC(=O)C2CCCN(S(=O)(=O)c3ccc4c(c3)oc(=O)n4C)C2)cc1Cl. The molecule has 0 spiro atoms. The number of oxazole rings is 1. The zero-order valence-corrected chi connectivity index (χ0v) is 19.1. The summed E-state index contributed by atoms with van der Waals surface area (Å²) >= 11 is 6.11. The first-order valence-electron chi connectivity index (χ1n) is 9.95. The predicted octanol–water partition coefficient (Wildman–Crippen LogP) is 2.83. The number of hydrogen-bond donors (Lipinski definition) is 1. The molecule has 1 aliphatic heterocycles. The number of methoxy groups -OCH3 is 1. The van der Waals surface area contributed by atoms with Crippen LogP contribution in [0.3, 0.4) is 0 Å². The molecule has 1 amide bonds. The molecule has 1 saturated heterocycles. The van der Waals surface area contributed by atoms with Gasteiger partial charge in [-0.2, -0.15) is 4.31 Å². The Hall–Kier alpha value is -2.82. The monoisotopic (exact) mass is 479 g/mol. The number of nitrogens with zero attached hydrogens (tertiary/aromatic N) is 2. The maximum absolute atomic E-state index is 13.2. The number of halogens is 1. The summed E-state index contributed by atoms with van der Waals surface area (Å²) in [7, 11) is -0.820. The highest BCUT2D eigenvalue weighted by Gasteiger charge is 2.33. The standard InChI is InChI=1S/C21H22ClN3O6S/c1-24-17-7-6-15(11-19(17)31-21(24)27)32(28,29)25-9-3-4-13(12-25)20(26)23-14-5-8-18(30-2)16(22)10-14/h5-8,10-11,13H,3-4,9,12H2,1-2H3,(H,23,26). The van der Waals surface area contributed by atoms with Crippen molar-refractivity contribution in [3.63, 3.8) is 0 Å². The minimum atomic E-state index is -3.87. The first kappa shape index (κ1) is 22.4. The highest BCUT2D eigenvalue weighted by molar-refractivity contribution is 7.89. The summed E-state index contributed by atoms with van der Waals surface area (Å²) in [4.78, 5) is 24.5. The summed E-state index contributed by atoms with van der Waals surface area (Å²) in [5, 5.41) is 3.16. The lowest BCUT2D eigenvalue weighted by Crippen LogP contribution is -2.43. The molecule has 1 unspecified atom stereocenters. The van der Waals surface area contributed by atoms with Gasteiger partial charge in [-0.1, -0.05) is 11.6 Å². The fourth-order valence-corrected chi connectivity index (χ4v) is 5.58. The van der Waals surface area contributed by atoms with E-state index < -0.39 is 21.7 Å². The zero-order valence-electron chi connectivity index (χ0n) is 17.5. The average molecular weight is 480 g/mol. The van der Waals surface area contributed by atoms with E-state index in [2.05, 4.69) is 5.32 Å². The van der Waals surface area contributed by atoms with Crippen LogP contribution in [0.15, 0.2) is 50.5 Å². The van der Waals surface area contributed by atoms with Crippen LogP contribution in [0.4, 0.5) is 5.69 Å². The third-order valence-electron chi connectivity index (χ3n) is 5.58. The Balaban J connectivity index is 1.52. The van der Waals surface area contributed by atoms with Gasteiger partial charge in [0, 0.05) is 31.9 Å². The van der Waals surface area contributed by atoms with Crippen molar-refractivity contribution in [3.8, 4) is 5.75 Å². The summed E-state index contributed by atoms with van der Waals surface area (Å²) in [6.07, 6.45) is 1.11. The Bertz CT molecular complexity index is 1350. The van der Waals surface area contributed by atoms with Crippen LogP contribution in [0.25, 0.3) is 11.1 Å². The number of anilines is 1. The lowest BCUT2D eigenvalue weighted by molar-refractivity contribution is -0.120. The van der Waals surface area contributed by atoms with Crippen LogP contribution in [0.2, 0.25) is 5.02 Å². The van der Waals surface area contributed by atoms with Crippen molar-refractivity contribution in [3.05, 3.63) is 52.0 Å². The third-order valence-corrected chi connectivity index (χ3v) is 7.73. The molecule has 4 rings (SSSR count). The van der Waals surface area contributed by atoms with Crippen LogP contribution in [0, 0.1) is 5.92 Å². The maximum Gasteiger partial charge on any atom is 0.419 e. The molecule has 0 bridgehead atoms. The van der Waals surface area contributed by atoms with E-state index in [9.17, 15) is 18.0 Å². The number of amides is 1. The Kier molecular flexibility index (Phi) is 6.02. The lowest BCUT2D eigenvalue weighted by atomic mass is 9.98. The largest absolute Gasteiger partial charge is 0.495 e. The quantitative estimate of drug-likeness (QED) is 0.602. The van der Waals surface area contributed by atoms with E-state index in [1.807, 2.05) is 0 Å².